The van der Waals surface area contributed by atoms with E-state index in [1.165, 1.54) is 19.3 Å². The van der Waals surface area contributed by atoms with Gasteiger partial charge < -0.3 is 19.9 Å². The molecule has 0 unspecified atom stereocenters. The Bertz CT molecular complexity index is 776. The Morgan fingerprint density at radius 2 is 1.70 bits per heavy atom. The second-order valence-electron chi connectivity index (χ2n) is 10.9. The summed E-state index contributed by atoms with van der Waals surface area (Å²) < 4.78 is 10.9. The van der Waals surface area contributed by atoms with E-state index in [2.05, 4.69) is 5.32 Å². The number of alkyl carbamates (subject to hydrolysis) is 1. The van der Waals surface area contributed by atoms with Crippen molar-refractivity contribution >= 4 is 17.9 Å². The van der Waals surface area contributed by atoms with Gasteiger partial charge in [-0.25, -0.2) is 9.59 Å². The number of nitrogens with zero attached hydrogens (tertiary/aromatic N) is 1. The quantitative estimate of drug-likeness (QED) is 0.522. The minimum atomic E-state index is -0.782. The van der Waals surface area contributed by atoms with Crippen molar-refractivity contribution in [3.8, 4) is 0 Å². The molecule has 2 N–H and O–H groups in total. The van der Waals surface area contributed by atoms with Gasteiger partial charge >= 0.3 is 12.2 Å². The summed E-state index contributed by atoms with van der Waals surface area (Å²) in [5.41, 5.74) is 0.245. The molecule has 0 spiro atoms. The van der Waals surface area contributed by atoms with Gasteiger partial charge in [-0.05, 0) is 84.4 Å². The number of hydrogen-bond donors (Lipinski definition) is 2. The van der Waals surface area contributed by atoms with Crippen LogP contribution < -0.4 is 10.2 Å². The molecule has 0 aromatic heterocycles. The highest BCUT2D eigenvalue weighted by Crippen LogP contribution is 2.29. The Labute approximate surface area is 198 Å². The summed E-state index contributed by atoms with van der Waals surface area (Å²) in [7, 11) is 0. The van der Waals surface area contributed by atoms with E-state index in [-0.39, 0.29) is 12.6 Å². The van der Waals surface area contributed by atoms with Crippen LogP contribution in [0.3, 0.4) is 0 Å². The molecule has 0 bridgehead atoms. The van der Waals surface area contributed by atoms with E-state index in [9.17, 15) is 14.7 Å². The summed E-state index contributed by atoms with van der Waals surface area (Å²) in [6.07, 6.45) is 4.52. The number of carbonyl (C=O) groups excluding carboxylic acids is 2. The van der Waals surface area contributed by atoms with E-state index < -0.39 is 23.4 Å². The molecule has 1 aliphatic rings. The van der Waals surface area contributed by atoms with Crippen molar-refractivity contribution in [3.05, 3.63) is 29.8 Å². The van der Waals surface area contributed by atoms with Gasteiger partial charge in [-0.3, -0.25) is 4.90 Å². The Morgan fingerprint density at radius 3 is 2.30 bits per heavy atom. The lowest BCUT2D eigenvalue weighted by molar-refractivity contribution is 0.0515. The first-order valence-electron chi connectivity index (χ1n) is 12.1. The number of hydrogen-bond acceptors (Lipinski definition) is 5. The van der Waals surface area contributed by atoms with E-state index in [1.807, 2.05) is 45.0 Å². The van der Waals surface area contributed by atoms with E-state index >= 15 is 0 Å². The molecule has 1 saturated carbocycles. The molecule has 1 aromatic rings. The van der Waals surface area contributed by atoms with Crippen LogP contribution >= 0.6 is 0 Å². The van der Waals surface area contributed by atoms with Crippen LogP contribution in [0.15, 0.2) is 24.3 Å². The number of benzene rings is 1. The first-order chi connectivity index (χ1) is 15.3. The highest BCUT2D eigenvalue weighted by atomic mass is 16.6. The van der Waals surface area contributed by atoms with E-state index in [1.54, 1.807) is 25.7 Å². The number of aliphatic hydroxyl groups excluding tert-OH is 1. The van der Waals surface area contributed by atoms with Crippen molar-refractivity contribution in [3.63, 3.8) is 0 Å². The molecule has 1 aromatic carbocycles. The van der Waals surface area contributed by atoms with Gasteiger partial charge in [-0.2, -0.15) is 0 Å². The number of aliphatic hydroxyl groups is 1. The molecule has 2 rings (SSSR count). The first-order valence-corrected chi connectivity index (χ1v) is 12.1. The van der Waals surface area contributed by atoms with Gasteiger partial charge in [0.1, 0.15) is 11.2 Å². The summed E-state index contributed by atoms with van der Waals surface area (Å²) in [5.74, 6) is 0.442. The molecule has 1 aliphatic carbocycles. The number of ether oxygens (including phenoxy) is 2. The van der Waals surface area contributed by atoms with Crippen LogP contribution in [0, 0.1) is 5.92 Å². The lowest BCUT2D eigenvalue weighted by atomic mass is 9.89. The van der Waals surface area contributed by atoms with Crippen LogP contribution in [0.5, 0.6) is 0 Å². The van der Waals surface area contributed by atoms with Crippen LogP contribution in [-0.4, -0.2) is 41.6 Å². The third kappa shape index (κ3) is 10.0. The maximum Gasteiger partial charge on any atom is 0.414 e. The standard InChI is InChI=1S/C26H42N2O5/c1-25(2,3)32-23(30)27-16-15-22(29)20-13-10-14-21(17-20)28(24(31)33-26(4,5)6)18-19-11-8-7-9-12-19/h10,13-14,17,19,22,29H,7-9,11-12,15-16,18H2,1-6H3,(H,27,30)/t22-/m1/s1. The van der Waals surface area contributed by atoms with Crippen LogP contribution in [0.2, 0.25) is 0 Å². The summed E-state index contributed by atoms with van der Waals surface area (Å²) in [6, 6.07) is 7.38. The first kappa shape index (κ1) is 27.0. The second kappa shape index (κ2) is 11.7. The number of amides is 2. The van der Waals surface area contributed by atoms with Gasteiger partial charge in [-0.15, -0.1) is 0 Å². The lowest BCUT2D eigenvalue weighted by Gasteiger charge is -2.32. The van der Waals surface area contributed by atoms with Gasteiger partial charge in [0.2, 0.25) is 0 Å². The fourth-order valence-electron chi connectivity index (χ4n) is 3.92. The minimum Gasteiger partial charge on any atom is -0.444 e. The Kier molecular flexibility index (Phi) is 9.58. The average molecular weight is 463 g/mol. The van der Waals surface area contributed by atoms with Crippen LogP contribution in [-0.2, 0) is 9.47 Å². The van der Waals surface area contributed by atoms with Crippen molar-refractivity contribution in [2.24, 2.45) is 5.92 Å². The van der Waals surface area contributed by atoms with Gasteiger partial charge in [-0.1, -0.05) is 31.4 Å². The highest BCUT2D eigenvalue weighted by molar-refractivity contribution is 5.88. The van der Waals surface area contributed by atoms with Crippen LogP contribution in [0.25, 0.3) is 0 Å². The number of anilines is 1. The normalized spacial score (nSPS) is 16.1. The molecule has 1 fully saturated rings. The summed E-state index contributed by atoms with van der Waals surface area (Å²) in [4.78, 5) is 26.6. The molecule has 0 saturated heterocycles. The molecule has 0 radical (unpaired) electrons. The van der Waals surface area contributed by atoms with Crippen LogP contribution in [0.4, 0.5) is 15.3 Å². The van der Waals surface area contributed by atoms with E-state index in [0.29, 0.717) is 30.1 Å². The van der Waals surface area contributed by atoms with Crippen molar-refractivity contribution in [2.45, 2.75) is 97.4 Å². The zero-order valence-electron chi connectivity index (χ0n) is 21.1. The predicted octanol–water partition coefficient (Wildman–Crippen LogP) is 5.96. The molecule has 1 atom stereocenters. The molecule has 0 aliphatic heterocycles. The zero-order valence-corrected chi connectivity index (χ0v) is 21.1. The summed E-state index contributed by atoms with van der Waals surface area (Å²) in [6.45, 7) is 11.9. The van der Waals surface area contributed by atoms with Gasteiger partial charge in [0.15, 0.2) is 0 Å². The lowest BCUT2D eigenvalue weighted by Crippen LogP contribution is -2.40. The van der Waals surface area contributed by atoms with Crippen molar-refractivity contribution in [2.75, 3.05) is 18.0 Å². The maximum atomic E-state index is 13.1. The summed E-state index contributed by atoms with van der Waals surface area (Å²) in [5, 5.41) is 13.4. The van der Waals surface area contributed by atoms with Gasteiger partial charge in [0.05, 0.1) is 6.10 Å². The van der Waals surface area contributed by atoms with E-state index in [4.69, 9.17) is 9.47 Å². The zero-order chi connectivity index (χ0) is 24.6. The molecule has 7 nitrogen and oxygen atoms in total. The molecule has 2 amide bonds. The number of rotatable bonds is 7. The van der Waals surface area contributed by atoms with Gasteiger partial charge in [0.25, 0.3) is 0 Å². The Morgan fingerprint density at radius 1 is 1.06 bits per heavy atom. The second-order valence-corrected chi connectivity index (χ2v) is 10.9. The molecular weight excluding hydrogens is 420 g/mol. The predicted molar refractivity (Wildman–Crippen MR) is 130 cm³/mol. The maximum absolute atomic E-state index is 13.1. The highest BCUT2D eigenvalue weighted by Gasteiger charge is 2.27. The smallest absolute Gasteiger partial charge is 0.414 e. The van der Waals surface area contributed by atoms with E-state index in [0.717, 1.165) is 12.8 Å². The van der Waals surface area contributed by atoms with Crippen molar-refractivity contribution in [1.82, 2.24) is 5.32 Å². The topological polar surface area (TPSA) is 88.1 Å². The molecule has 33 heavy (non-hydrogen) atoms. The molecular formula is C26H42N2O5. The Hall–Kier alpha value is -2.28. The number of nitrogens with one attached hydrogen (secondary N) is 1. The SMILES string of the molecule is CC(C)(C)OC(=O)NCC[C@@H](O)c1cccc(N(CC2CCCCC2)C(=O)OC(C)(C)C)c1. The molecule has 186 valence electrons. The third-order valence-corrected chi connectivity index (χ3v) is 5.43. The fourth-order valence-corrected chi connectivity index (χ4v) is 3.92. The Balaban J connectivity index is 2.08. The average Bonchev–Trinajstić information content (AvgIpc) is 2.70. The molecule has 7 heteroatoms. The van der Waals surface area contributed by atoms with Gasteiger partial charge in [0, 0.05) is 18.8 Å². The monoisotopic (exact) mass is 462 g/mol. The molecule has 0 heterocycles. The number of carbonyl (C=O) groups is 2. The van der Waals surface area contributed by atoms with Crippen LogP contribution in [0.1, 0.15) is 91.7 Å². The minimum absolute atomic E-state index is 0.276. The largest absolute Gasteiger partial charge is 0.444 e. The summed E-state index contributed by atoms with van der Waals surface area (Å²) >= 11 is 0. The fraction of sp³-hybridized carbons (Fsp3) is 0.692. The third-order valence-electron chi connectivity index (χ3n) is 5.43. The van der Waals surface area contributed by atoms with Crippen molar-refractivity contribution < 1.29 is 24.2 Å². The van der Waals surface area contributed by atoms with Crippen molar-refractivity contribution in [1.29, 1.82) is 0 Å².